The Morgan fingerprint density at radius 2 is 1.90 bits per heavy atom. The average molecular weight is 440 g/mol. The maximum Gasteiger partial charge on any atom is 0.255 e. The summed E-state index contributed by atoms with van der Waals surface area (Å²) in [5, 5.41) is 3.70. The van der Waals surface area contributed by atoms with Crippen LogP contribution in [0.5, 0.6) is 0 Å². The van der Waals surface area contributed by atoms with Gasteiger partial charge in [0.05, 0.1) is 21.8 Å². The van der Waals surface area contributed by atoms with Gasteiger partial charge in [-0.15, -0.1) is 0 Å². The summed E-state index contributed by atoms with van der Waals surface area (Å²) in [6, 6.07) is 13.4. The molecule has 162 valence electrons. The van der Waals surface area contributed by atoms with Crippen molar-refractivity contribution in [1.82, 2.24) is 14.2 Å². The van der Waals surface area contributed by atoms with Gasteiger partial charge in [-0.1, -0.05) is 12.1 Å². The molecule has 0 bridgehead atoms. The second-order valence-corrected chi connectivity index (χ2v) is 9.61. The van der Waals surface area contributed by atoms with Gasteiger partial charge in [0.15, 0.2) is 0 Å². The Bertz CT molecular complexity index is 1230. The lowest BCUT2D eigenvalue weighted by Gasteiger charge is -2.21. The van der Waals surface area contributed by atoms with E-state index in [0.29, 0.717) is 36.4 Å². The number of nitrogens with zero attached hydrogens (tertiary/aromatic N) is 3. The number of hydrogen-bond acceptors (Lipinski definition) is 6. The molecule has 31 heavy (non-hydrogen) atoms. The number of carbonyl (C=O) groups excluding carboxylic acids is 1. The largest absolute Gasteiger partial charge is 0.397 e. The summed E-state index contributed by atoms with van der Waals surface area (Å²) in [4.78, 5) is 19.2. The first-order chi connectivity index (χ1) is 14.8. The minimum Gasteiger partial charge on any atom is -0.397 e. The lowest BCUT2D eigenvalue weighted by molar-refractivity contribution is 0.102. The van der Waals surface area contributed by atoms with Crippen molar-refractivity contribution in [3.05, 3.63) is 60.3 Å². The lowest BCUT2D eigenvalue weighted by atomic mass is 10.1. The SMILES string of the molecule is CN1CCCN(S(=O)(=O)c2ccc(NC(=O)c3ccc4cccnc4c3)c(N)c2)CC1. The molecule has 1 saturated heterocycles. The number of aromatic nitrogens is 1. The molecule has 4 rings (SSSR count). The lowest BCUT2D eigenvalue weighted by Crippen LogP contribution is -2.34. The summed E-state index contributed by atoms with van der Waals surface area (Å²) in [5.41, 5.74) is 7.81. The van der Waals surface area contributed by atoms with E-state index in [-0.39, 0.29) is 16.5 Å². The Morgan fingerprint density at radius 1 is 1.06 bits per heavy atom. The van der Waals surface area contributed by atoms with Crippen LogP contribution in [0.4, 0.5) is 11.4 Å². The van der Waals surface area contributed by atoms with E-state index in [1.54, 1.807) is 18.3 Å². The number of anilines is 2. The number of benzene rings is 2. The minimum absolute atomic E-state index is 0.127. The normalized spacial score (nSPS) is 16.2. The molecule has 2 heterocycles. The van der Waals surface area contributed by atoms with E-state index in [4.69, 9.17) is 5.73 Å². The van der Waals surface area contributed by atoms with Crippen LogP contribution >= 0.6 is 0 Å². The Balaban J connectivity index is 1.53. The van der Waals surface area contributed by atoms with Crippen molar-refractivity contribution in [2.75, 3.05) is 44.3 Å². The molecule has 3 aromatic rings. The summed E-state index contributed by atoms with van der Waals surface area (Å²) in [6.45, 7) is 2.46. The number of nitrogens with one attached hydrogen (secondary N) is 1. The van der Waals surface area contributed by atoms with Gasteiger partial charge >= 0.3 is 0 Å². The van der Waals surface area contributed by atoms with Crippen molar-refractivity contribution in [3.63, 3.8) is 0 Å². The molecular weight excluding hydrogens is 414 g/mol. The van der Waals surface area contributed by atoms with Crippen molar-refractivity contribution in [3.8, 4) is 0 Å². The zero-order valence-electron chi connectivity index (χ0n) is 17.3. The van der Waals surface area contributed by atoms with Crippen LogP contribution in [0.3, 0.4) is 0 Å². The molecule has 0 atom stereocenters. The number of hydrogen-bond donors (Lipinski definition) is 2. The van der Waals surface area contributed by atoms with Crippen LogP contribution in [-0.2, 0) is 10.0 Å². The molecule has 8 nitrogen and oxygen atoms in total. The van der Waals surface area contributed by atoms with Gasteiger partial charge in [0.1, 0.15) is 0 Å². The molecule has 1 aromatic heterocycles. The molecule has 2 aromatic carbocycles. The molecule has 0 radical (unpaired) electrons. The summed E-state index contributed by atoms with van der Waals surface area (Å²) >= 11 is 0. The van der Waals surface area contributed by atoms with Crippen LogP contribution in [0.25, 0.3) is 10.9 Å². The van der Waals surface area contributed by atoms with Crippen molar-refractivity contribution >= 4 is 38.2 Å². The maximum absolute atomic E-state index is 13.0. The van der Waals surface area contributed by atoms with Crippen LogP contribution < -0.4 is 11.1 Å². The van der Waals surface area contributed by atoms with Gasteiger partial charge in [0.2, 0.25) is 10.0 Å². The van der Waals surface area contributed by atoms with Crippen LogP contribution in [0.2, 0.25) is 0 Å². The fourth-order valence-electron chi connectivity index (χ4n) is 3.63. The number of amides is 1. The Morgan fingerprint density at radius 3 is 2.71 bits per heavy atom. The fourth-order valence-corrected chi connectivity index (χ4v) is 5.14. The molecule has 0 saturated carbocycles. The van der Waals surface area contributed by atoms with Crippen LogP contribution in [0.15, 0.2) is 59.6 Å². The predicted octanol–water partition coefficient (Wildman–Crippen LogP) is 2.40. The van der Waals surface area contributed by atoms with Crippen molar-refractivity contribution in [2.24, 2.45) is 0 Å². The molecule has 1 amide bonds. The molecule has 1 fully saturated rings. The first-order valence-electron chi connectivity index (χ1n) is 10.1. The molecule has 3 N–H and O–H groups in total. The van der Waals surface area contributed by atoms with Gasteiger partial charge in [-0.25, -0.2) is 8.42 Å². The van der Waals surface area contributed by atoms with Crippen LogP contribution in [-0.4, -0.2) is 61.7 Å². The fraction of sp³-hybridized carbons (Fsp3) is 0.273. The van der Waals surface area contributed by atoms with E-state index >= 15 is 0 Å². The standard InChI is InChI=1S/C22H25N5O3S/c1-26-10-3-11-27(13-12-26)31(29,30)18-7-8-20(19(23)15-18)25-22(28)17-6-5-16-4-2-9-24-21(16)14-17/h2,4-9,14-15H,3,10-13,23H2,1H3,(H,25,28). The van der Waals surface area contributed by atoms with E-state index in [2.05, 4.69) is 15.2 Å². The number of nitrogens with two attached hydrogens (primary N) is 1. The highest BCUT2D eigenvalue weighted by molar-refractivity contribution is 7.89. The molecule has 0 unspecified atom stereocenters. The van der Waals surface area contributed by atoms with Gasteiger partial charge in [0, 0.05) is 36.8 Å². The topological polar surface area (TPSA) is 109 Å². The third-order valence-corrected chi connectivity index (χ3v) is 7.35. The number of fused-ring (bicyclic) bond motifs is 1. The molecule has 0 spiro atoms. The Kier molecular flexibility index (Phi) is 5.90. The number of nitrogen functional groups attached to an aromatic ring is 1. The minimum atomic E-state index is -3.65. The molecule has 1 aliphatic rings. The highest BCUT2D eigenvalue weighted by Gasteiger charge is 2.26. The number of carbonyl (C=O) groups is 1. The second-order valence-electron chi connectivity index (χ2n) is 7.67. The molecule has 9 heteroatoms. The smallest absolute Gasteiger partial charge is 0.255 e. The van der Waals surface area contributed by atoms with Crippen LogP contribution in [0, 0.1) is 0 Å². The quantitative estimate of drug-likeness (QED) is 0.604. The van der Waals surface area contributed by atoms with E-state index in [9.17, 15) is 13.2 Å². The Labute approximate surface area is 181 Å². The summed E-state index contributed by atoms with van der Waals surface area (Å²) in [7, 11) is -1.66. The van der Waals surface area contributed by atoms with Crippen molar-refractivity contribution in [2.45, 2.75) is 11.3 Å². The monoisotopic (exact) mass is 439 g/mol. The second kappa shape index (κ2) is 8.62. The van der Waals surface area contributed by atoms with E-state index in [1.165, 1.54) is 22.5 Å². The highest BCUT2D eigenvalue weighted by atomic mass is 32.2. The van der Waals surface area contributed by atoms with Gasteiger partial charge in [-0.2, -0.15) is 4.31 Å². The van der Waals surface area contributed by atoms with Gasteiger partial charge in [0.25, 0.3) is 5.91 Å². The van der Waals surface area contributed by atoms with E-state index < -0.39 is 10.0 Å². The average Bonchev–Trinajstić information content (AvgIpc) is 2.99. The molecule has 1 aliphatic heterocycles. The van der Waals surface area contributed by atoms with Gasteiger partial charge < -0.3 is 16.0 Å². The zero-order valence-corrected chi connectivity index (χ0v) is 18.1. The zero-order chi connectivity index (χ0) is 22.0. The summed E-state index contributed by atoms with van der Waals surface area (Å²) in [5.74, 6) is -0.342. The number of likely N-dealkylation sites (N-methyl/N-ethyl adjacent to an activating group) is 1. The highest BCUT2D eigenvalue weighted by Crippen LogP contribution is 2.26. The number of rotatable bonds is 4. The third-order valence-electron chi connectivity index (χ3n) is 5.46. The van der Waals surface area contributed by atoms with Crippen molar-refractivity contribution < 1.29 is 13.2 Å². The Hall–Kier alpha value is -3.01. The molecular formula is C22H25N5O3S. The molecule has 0 aliphatic carbocycles. The summed E-state index contributed by atoms with van der Waals surface area (Å²) in [6.07, 6.45) is 2.45. The number of sulfonamides is 1. The summed E-state index contributed by atoms with van der Waals surface area (Å²) < 4.78 is 27.6. The van der Waals surface area contributed by atoms with Gasteiger partial charge in [-0.3, -0.25) is 9.78 Å². The van der Waals surface area contributed by atoms with Gasteiger partial charge in [-0.05, 0) is 56.4 Å². The first kappa shape index (κ1) is 21.2. The van der Waals surface area contributed by atoms with Crippen LogP contribution in [0.1, 0.15) is 16.8 Å². The first-order valence-corrected chi connectivity index (χ1v) is 11.5. The predicted molar refractivity (Wildman–Crippen MR) is 121 cm³/mol. The third kappa shape index (κ3) is 4.53. The van der Waals surface area contributed by atoms with Crippen molar-refractivity contribution in [1.29, 1.82) is 0 Å². The number of pyridine rings is 1. The van der Waals surface area contributed by atoms with E-state index in [1.807, 2.05) is 25.2 Å². The maximum atomic E-state index is 13.0. The van der Waals surface area contributed by atoms with E-state index in [0.717, 1.165) is 18.4 Å².